The van der Waals surface area contributed by atoms with Gasteiger partial charge in [0.15, 0.2) is 5.78 Å². The van der Waals surface area contributed by atoms with Crippen LogP contribution in [0.4, 0.5) is 11.4 Å². The molecule has 0 bridgehead atoms. The molecule has 1 aliphatic rings. The summed E-state index contributed by atoms with van der Waals surface area (Å²) in [7, 11) is 0. The van der Waals surface area contributed by atoms with Crippen LogP contribution in [0.5, 0.6) is 0 Å². The van der Waals surface area contributed by atoms with Crippen molar-refractivity contribution in [3.05, 3.63) is 69.8 Å². The molecule has 1 saturated heterocycles. The van der Waals surface area contributed by atoms with Gasteiger partial charge < -0.3 is 10.2 Å². The van der Waals surface area contributed by atoms with Crippen LogP contribution < -0.4 is 10.2 Å². The molecule has 0 atom stereocenters. The van der Waals surface area contributed by atoms with Gasteiger partial charge in [-0.1, -0.05) is 30.3 Å². The fraction of sp³-hybridized carbons (Fsp3) is 0.333. The second kappa shape index (κ2) is 9.29. The molecule has 0 radical (unpaired) electrons. The quantitative estimate of drug-likeness (QED) is 0.438. The van der Waals surface area contributed by atoms with Gasteiger partial charge in [0.05, 0.1) is 11.5 Å². The van der Waals surface area contributed by atoms with E-state index in [-0.39, 0.29) is 17.4 Å². The summed E-state index contributed by atoms with van der Waals surface area (Å²) in [6.45, 7) is 4.59. The zero-order valence-electron chi connectivity index (χ0n) is 16.3. The Balaban J connectivity index is 1.54. The minimum Gasteiger partial charge on any atom is -0.363 e. The number of amides is 1. The Hall–Kier alpha value is -3.26. The second-order valence-electron chi connectivity index (χ2n) is 7.04. The second-order valence-corrected chi connectivity index (χ2v) is 7.04. The van der Waals surface area contributed by atoms with Gasteiger partial charge in [-0.15, -0.1) is 0 Å². The Bertz CT molecular complexity index is 893. The van der Waals surface area contributed by atoms with Gasteiger partial charge in [0.2, 0.25) is 5.91 Å². The van der Waals surface area contributed by atoms with Crippen molar-refractivity contribution in [3.63, 3.8) is 0 Å². The summed E-state index contributed by atoms with van der Waals surface area (Å²) in [5, 5.41) is 14.4. The molecular weight excluding hydrogens is 372 g/mol. The highest BCUT2D eigenvalue weighted by Gasteiger charge is 2.25. The Morgan fingerprint density at radius 1 is 1.07 bits per heavy atom. The van der Waals surface area contributed by atoms with E-state index in [0.29, 0.717) is 50.5 Å². The van der Waals surface area contributed by atoms with E-state index in [1.165, 1.54) is 13.0 Å². The van der Waals surface area contributed by atoms with Crippen LogP contribution in [0.25, 0.3) is 0 Å². The lowest BCUT2D eigenvalue weighted by Crippen LogP contribution is -2.49. The summed E-state index contributed by atoms with van der Waals surface area (Å²) < 4.78 is 0. The minimum atomic E-state index is -0.453. The molecule has 2 aromatic rings. The van der Waals surface area contributed by atoms with Crippen molar-refractivity contribution >= 4 is 23.1 Å². The molecule has 1 fully saturated rings. The van der Waals surface area contributed by atoms with Gasteiger partial charge in [0, 0.05) is 44.4 Å². The van der Waals surface area contributed by atoms with Crippen molar-refractivity contribution in [2.45, 2.75) is 13.5 Å². The SMILES string of the molecule is CC(=O)c1ccc(N2CCN(CC(=O)NCc3ccccc3)CC2)c([N+](=O)[O-])c1. The number of hydrogen-bond acceptors (Lipinski definition) is 6. The summed E-state index contributed by atoms with van der Waals surface area (Å²) in [5.74, 6) is -0.245. The van der Waals surface area contributed by atoms with E-state index < -0.39 is 4.92 Å². The fourth-order valence-electron chi connectivity index (χ4n) is 3.36. The summed E-state index contributed by atoms with van der Waals surface area (Å²) >= 11 is 0. The number of nitro groups is 1. The third-order valence-electron chi connectivity index (χ3n) is 4.99. The topological polar surface area (TPSA) is 95.8 Å². The zero-order chi connectivity index (χ0) is 20.8. The fourth-order valence-corrected chi connectivity index (χ4v) is 3.36. The summed E-state index contributed by atoms with van der Waals surface area (Å²) in [6.07, 6.45) is 0. The Morgan fingerprint density at radius 3 is 2.38 bits per heavy atom. The van der Waals surface area contributed by atoms with Gasteiger partial charge in [0.1, 0.15) is 5.69 Å². The monoisotopic (exact) mass is 396 g/mol. The molecule has 2 aromatic carbocycles. The van der Waals surface area contributed by atoms with Crippen molar-refractivity contribution in [2.24, 2.45) is 0 Å². The van der Waals surface area contributed by atoms with Crippen molar-refractivity contribution in [2.75, 3.05) is 37.6 Å². The molecule has 0 spiro atoms. The molecule has 8 heteroatoms. The Labute approximate surface area is 169 Å². The molecule has 1 heterocycles. The van der Waals surface area contributed by atoms with Crippen LogP contribution in [0.1, 0.15) is 22.8 Å². The van der Waals surface area contributed by atoms with Crippen LogP contribution in [-0.2, 0) is 11.3 Å². The standard InChI is InChI=1S/C21H24N4O4/c1-16(26)18-7-8-19(20(13-18)25(28)29)24-11-9-23(10-12-24)15-21(27)22-14-17-5-3-2-4-6-17/h2-8,13H,9-12,14-15H2,1H3,(H,22,27). The number of ketones is 1. The molecule has 3 rings (SSSR count). The van der Waals surface area contributed by atoms with Crippen LogP contribution >= 0.6 is 0 Å². The van der Waals surface area contributed by atoms with Crippen LogP contribution in [0, 0.1) is 10.1 Å². The Morgan fingerprint density at radius 2 is 1.76 bits per heavy atom. The van der Waals surface area contributed by atoms with E-state index in [9.17, 15) is 19.7 Å². The van der Waals surface area contributed by atoms with Gasteiger partial charge in [-0.05, 0) is 24.6 Å². The number of nitrogens with zero attached hydrogens (tertiary/aromatic N) is 3. The van der Waals surface area contributed by atoms with Gasteiger partial charge in [-0.2, -0.15) is 0 Å². The lowest BCUT2D eigenvalue weighted by atomic mass is 10.1. The summed E-state index contributed by atoms with van der Waals surface area (Å²) in [6, 6.07) is 14.3. The van der Waals surface area contributed by atoms with E-state index in [4.69, 9.17) is 0 Å². The van der Waals surface area contributed by atoms with E-state index >= 15 is 0 Å². The number of piperazine rings is 1. The first-order chi connectivity index (χ1) is 13.9. The number of hydrogen-bond donors (Lipinski definition) is 1. The third kappa shape index (κ3) is 5.39. The van der Waals surface area contributed by atoms with Crippen molar-refractivity contribution in [3.8, 4) is 0 Å². The van der Waals surface area contributed by atoms with E-state index in [1.54, 1.807) is 12.1 Å². The first kappa shape index (κ1) is 20.5. The molecule has 0 saturated carbocycles. The molecule has 1 aliphatic heterocycles. The highest BCUT2D eigenvalue weighted by molar-refractivity contribution is 5.95. The Kier molecular flexibility index (Phi) is 6.56. The highest BCUT2D eigenvalue weighted by atomic mass is 16.6. The number of carbonyl (C=O) groups is 2. The molecule has 1 N–H and O–H groups in total. The zero-order valence-corrected chi connectivity index (χ0v) is 16.3. The maximum Gasteiger partial charge on any atom is 0.293 e. The average molecular weight is 396 g/mol. The van der Waals surface area contributed by atoms with Crippen LogP contribution in [0.15, 0.2) is 48.5 Å². The molecule has 29 heavy (non-hydrogen) atoms. The van der Waals surface area contributed by atoms with Gasteiger partial charge in [-0.25, -0.2) is 0 Å². The van der Waals surface area contributed by atoms with Crippen molar-refractivity contribution < 1.29 is 14.5 Å². The minimum absolute atomic E-state index is 0.0425. The smallest absolute Gasteiger partial charge is 0.293 e. The third-order valence-corrected chi connectivity index (χ3v) is 4.99. The number of nitro benzene ring substituents is 1. The number of rotatable bonds is 7. The number of benzene rings is 2. The summed E-state index contributed by atoms with van der Waals surface area (Å²) in [4.78, 5) is 38.7. The number of Topliss-reactive ketones (excluding diaryl/α,β-unsaturated/α-hetero) is 1. The lowest BCUT2D eigenvalue weighted by molar-refractivity contribution is -0.384. The molecule has 152 valence electrons. The first-order valence-corrected chi connectivity index (χ1v) is 9.51. The lowest BCUT2D eigenvalue weighted by Gasteiger charge is -2.35. The first-order valence-electron chi connectivity index (χ1n) is 9.51. The largest absolute Gasteiger partial charge is 0.363 e. The molecular formula is C21H24N4O4. The molecule has 0 aromatic heterocycles. The van der Waals surface area contributed by atoms with Crippen LogP contribution in [-0.4, -0.2) is 54.2 Å². The van der Waals surface area contributed by atoms with E-state index in [0.717, 1.165) is 5.56 Å². The maximum absolute atomic E-state index is 12.2. The maximum atomic E-state index is 12.2. The van der Waals surface area contributed by atoms with E-state index in [2.05, 4.69) is 5.32 Å². The molecule has 1 amide bonds. The van der Waals surface area contributed by atoms with Gasteiger partial charge in [0.25, 0.3) is 5.69 Å². The highest BCUT2D eigenvalue weighted by Crippen LogP contribution is 2.30. The average Bonchev–Trinajstić information content (AvgIpc) is 2.73. The van der Waals surface area contributed by atoms with Crippen molar-refractivity contribution in [1.82, 2.24) is 10.2 Å². The van der Waals surface area contributed by atoms with Crippen LogP contribution in [0.3, 0.4) is 0 Å². The predicted molar refractivity (Wildman–Crippen MR) is 110 cm³/mol. The van der Waals surface area contributed by atoms with Crippen molar-refractivity contribution in [1.29, 1.82) is 0 Å². The summed E-state index contributed by atoms with van der Waals surface area (Å²) in [5.41, 5.74) is 1.82. The molecule has 8 nitrogen and oxygen atoms in total. The normalized spacial score (nSPS) is 14.4. The van der Waals surface area contributed by atoms with Gasteiger partial charge >= 0.3 is 0 Å². The molecule has 0 unspecified atom stereocenters. The molecule has 0 aliphatic carbocycles. The number of carbonyl (C=O) groups excluding carboxylic acids is 2. The number of anilines is 1. The van der Waals surface area contributed by atoms with E-state index in [1.807, 2.05) is 40.1 Å². The van der Waals surface area contributed by atoms with Crippen LogP contribution in [0.2, 0.25) is 0 Å². The predicted octanol–water partition coefficient (Wildman–Crippen LogP) is 2.24. The number of nitrogens with one attached hydrogen (secondary N) is 1. The van der Waals surface area contributed by atoms with Gasteiger partial charge in [-0.3, -0.25) is 24.6 Å².